The topological polar surface area (TPSA) is 15.7 Å². The van der Waals surface area contributed by atoms with Gasteiger partial charge in [0.25, 0.3) is 0 Å². The molecule has 0 spiro atoms. The molecule has 1 unspecified atom stereocenters. The minimum Gasteiger partial charge on any atom is -0.491 e. The predicted molar refractivity (Wildman–Crippen MR) is 79.7 cm³/mol. The molecule has 0 amide bonds. The second kappa shape index (κ2) is 5.51. The van der Waals surface area contributed by atoms with Crippen molar-refractivity contribution in [1.29, 1.82) is 0 Å². The number of hydrogen-bond donors (Lipinski definition) is 0. The Bertz CT molecular complexity index is 415. The van der Waals surface area contributed by atoms with Crippen molar-refractivity contribution in [2.24, 2.45) is 0 Å². The largest absolute Gasteiger partial charge is 0.491 e. The maximum Gasteiger partial charge on any atom is 0.119 e. The summed E-state index contributed by atoms with van der Waals surface area (Å²) in [6, 6.07) is 8.58. The summed E-state index contributed by atoms with van der Waals surface area (Å²) in [5, 5.41) is 0. The normalized spacial score (nSPS) is 25.8. The SMILES string of the molecule is CC(C)Oc1ccc(C2(C)CN(C)CCN2C)cc1. The van der Waals surface area contributed by atoms with Crippen LogP contribution in [0.25, 0.3) is 0 Å². The highest BCUT2D eigenvalue weighted by molar-refractivity contribution is 5.32. The van der Waals surface area contributed by atoms with Gasteiger partial charge in [-0.1, -0.05) is 12.1 Å². The lowest BCUT2D eigenvalue weighted by atomic mass is 9.88. The first-order chi connectivity index (χ1) is 8.91. The van der Waals surface area contributed by atoms with Crippen molar-refractivity contribution in [3.05, 3.63) is 29.8 Å². The molecule has 106 valence electrons. The van der Waals surface area contributed by atoms with E-state index in [1.54, 1.807) is 0 Å². The van der Waals surface area contributed by atoms with Gasteiger partial charge in [0.1, 0.15) is 5.75 Å². The molecule has 1 atom stereocenters. The van der Waals surface area contributed by atoms with Crippen LogP contribution >= 0.6 is 0 Å². The average molecular weight is 262 g/mol. The van der Waals surface area contributed by atoms with Crippen LogP contribution in [0.15, 0.2) is 24.3 Å². The summed E-state index contributed by atoms with van der Waals surface area (Å²) >= 11 is 0. The van der Waals surface area contributed by atoms with Crippen LogP contribution in [-0.4, -0.2) is 49.6 Å². The molecule has 0 N–H and O–H groups in total. The molecule has 1 aromatic carbocycles. The monoisotopic (exact) mass is 262 g/mol. The summed E-state index contributed by atoms with van der Waals surface area (Å²) in [5.41, 5.74) is 1.45. The predicted octanol–water partition coefficient (Wildman–Crippen LogP) is 2.57. The van der Waals surface area contributed by atoms with Gasteiger partial charge in [-0.25, -0.2) is 0 Å². The summed E-state index contributed by atoms with van der Waals surface area (Å²) in [5.74, 6) is 0.953. The lowest BCUT2D eigenvalue weighted by molar-refractivity contribution is 0.0379. The highest BCUT2D eigenvalue weighted by atomic mass is 16.5. The van der Waals surface area contributed by atoms with Crippen LogP contribution in [0.4, 0.5) is 0 Å². The summed E-state index contributed by atoms with van der Waals surface area (Å²) in [6.45, 7) is 9.74. The van der Waals surface area contributed by atoms with E-state index in [0.29, 0.717) is 0 Å². The number of hydrogen-bond acceptors (Lipinski definition) is 3. The van der Waals surface area contributed by atoms with Crippen molar-refractivity contribution < 1.29 is 4.74 Å². The molecule has 1 saturated heterocycles. The van der Waals surface area contributed by atoms with Crippen LogP contribution < -0.4 is 4.74 Å². The lowest BCUT2D eigenvalue weighted by Crippen LogP contribution is -2.56. The van der Waals surface area contributed by atoms with E-state index in [9.17, 15) is 0 Å². The van der Waals surface area contributed by atoms with E-state index in [4.69, 9.17) is 4.74 Å². The fourth-order valence-corrected chi connectivity index (χ4v) is 2.77. The number of nitrogens with zero attached hydrogens (tertiary/aromatic N) is 2. The Morgan fingerprint density at radius 1 is 1.11 bits per heavy atom. The first-order valence-corrected chi connectivity index (χ1v) is 7.09. The molecule has 1 aliphatic rings. The van der Waals surface area contributed by atoms with E-state index in [-0.39, 0.29) is 11.6 Å². The number of likely N-dealkylation sites (N-methyl/N-ethyl adjacent to an activating group) is 2. The molecule has 0 saturated carbocycles. The van der Waals surface area contributed by atoms with Crippen LogP contribution in [0.1, 0.15) is 26.3 Å². The molecule has 3 nitrogen and oxygen atoms in total. The van der Waals surface area contributed by atoms with E-state index in [0.717, 1.165) is 25.4 Å². The zero-order valence-electron chi connectivity index (χ0n) is 12.8. The van der Waals surface area contributed by atoms with Gasteiger partial charge in [0, 0.05) is 19.6 Å². The highest BCUT2D eigenvalue weighted by Crippen LogP contribution is 2.31. The summed E-state index contributed by atoms with van der Waals surface area (Å²) in [7, 11) is 4.41. The van der Waals surface area contributed by atoms with E-state index >= 15 is 0 Å². The third-order valence-corrected chi connectivity index (χ3v) is 4.09. The number of benzene rings is 1. The Balaban J connectivity index is 2.20. The standard InChI is InChI=1S/C16H26N2O/c1-13(2)19-15-8-6-14(7-9-15)16(3)12-17(4)10-11-18(16)5/h6-9,13H,10-12H2,1-5H3. The van der Waals surface area contributed by atoms with Crippen molar-refractivity contribution in [1.82, 2.24) is 9.80 Å². The Hall–Kier alpha value is -1.06. The van der Waals surface area contributed by atoms with Crippen LogP contribution in [-0.2, 0) is 5.54 Å². The minimum atomic E-state index is 0.0867. The van der Waals surface area contributed by atoms with Gasteiger partial charge >= 0.3 is 0 Å². The van der Waals surface area contributed by atoms with Crippen LogP contribution in [0.2, 0.25) is 0 Å². The Labute approximate surface area is 117 Å². The van der Waals surface area contributed by atoms with Crippen LogP contribution in [0.5, 0.6) is 5.75 Å². The fraction of sp³-hybridized carbons (Fsp3) is 0.625. The molecule has 0 aliphatic carbocycles. The zero-order valence-corrected chi connectivity index (χ0v) is 12.8. The molecule has 1 aliphatic heterocycles. The molecule has 1 fully saturated rings. The second-order valence-electron chi connectivity index (χ2n) is 6.12. The van der Waals surface area contributed by atoms with Gasteiger partial charge in [-0.05, 0) is 52.6 Å². The molecular weight excluding hydrogens is 236 g/mol. The van der Waals surface area contributed by atoms with E-state index < -0.39 is 0 Å². The van der Waals surface area contributed by atoms with Gasteiger partial charge < -0.3 is 9.64 Å². The molecule has 0 aromatic heterocycles. The van der Waals surface area contributed by atoms with Gasteiger partial charge in [-0.2, -0.15) is 0 Å². The van der Waals surface area contributed by atoms with Crippen molar-refractivity contribution in [3.63, 3.8) is 0 Å². The maximum absolute atomic E-state index is 5.71. The first-order valence-electron chi connectivity index (χ1n) is 7.09. The van der Waals surface area contributed by atoms with Crippen molar-refractivity contribution in [2.45, 2.75) is 32.4 Å². The molecule has 19 heavy (non-hydrogen) atoms. The third-order valence-electron chi connectivity index (χ3n) is 4.09. The van der Waals surface area contributed by atoms with Crippen LogP contribution in [0.3, 0.4) is 0 Å². The zero-order chi connectivity index (χ0) is 14.0. The first kappa shape index (κ1) is 14.4. The van der Waals surface area contributed by atoms with Crippen molar-refractivity contribution >= 4 is 0 Å². The van der Waals surface area contributed by atoms with Gasteiger partial charge in [0.05, 0.1) is 11.6 Å². The minimum absolute atomic E-state index is 0.0867. The van der Waals surface area contributed by atoms with E-state index in [2.05, 4.69) is 68.9 Å². The summed E-state index contributed by atoms with van der Waals surface area (Å²) in [4.78, 5) is 4.85. The number of ether oxygens (including phenoxy) is 1. The van der Waals surface area contributed by atoms with Gasteiger partial charge in [0.2, 0.25) is 0 Å². The molecule has 2 rings (SSSR count). The molecule has 1 aromatic rings. The lowest BCUT2D eigenvalue weighted by Gasteiger charge is -2.46. The van der Waals surface area contributed by atoms with Gasteiger partial charge in [-0.15, -0.1) is 0 Å². The highest BCUT2D eigenvalue weighted by Gasteiger charge is 2.35. The molecule has 1 heterocycles. The molecular formula is C16H26N2O. The quantitative estimate of drug-likeness (QED) is 0.832. The van der Waals surface area contributed by atoms with Gasteiger partial charge in [-0.3, -0.25) is 4.90 Å². The van der Waals surface area contributed by atoms with E-state index in [1.165, 1.54) is 5.56 Å². The number of piperazine rings is 1. The Morgan fingerprint density at radius 2 is 1.74 bits per heavy atom. The Kier molecular flexibility index (Phi) is 4.16. The van der Waals surface area contributed by atoms with E-state index in [1.807, 2.05) is 0 Å². The maximum atomic E-state index is 5.71. The third kappa shape index (κ3) is 3.10. The fourth-order valence-electron chi connectivity index (χ4n) is 2.77. The smallest absolute Gasteiger partial charge is 0.119 e. The number of rotatable bonds is 3. The molecule has 0 bridgehead atoms. The van der Waals surface area contributed by atoms with Gasteiger partial charge in [0.15, 0.2) is 0 Å². The summed E-state index contributed by atoms with van der Waals surface area (Å²) < 4.78 is 5.71. The Morgan fingerprint density at radius 3 is 2.32 bits per heavy atom. The van der Waals surface area contributed by atoms with Crippen molar-refractivity contribution in [2.75, 3.05) is 33.7 Å². The molecule has 3 heteroatoms. The second-order valence-corrected chi connectivity index (χ2v) is 6.12. The van der Waals surface area contributed by atoms with Crippen molar-refractivity contribution in [3.8, 4) is 5.75 Å². The summed E-state index contributed by atoms with van der Waals surface area (Å²) in [6.07, 6.45) is 0.227. The average Bonchev–Trinajstić information content (AvgIpc) is 2.34. The van der Waals surface area contributed by atoms with Crippen LogP contribution in [0, 0.1) is 0 Å². The molecule has 0 radical (unpaired) electrons.